The van der Waals surface area contributed by atoms with Crippen molar-refractivity contribution < 1.29 is 14.3 Å². The number of amides is 1. The van der Waals surface area contributed by atoms with Gasteiger partial charge in [-0.2, -0.15) is 0 Å². The lowest BCUT2D eigenvalue weighted by Crippen LogP contribution is -2.23. The van der Waals surface area contributed by atoms with E-state index >= 15 is 0 Å². The topological polar surface area (TPSA) is 47.6 Å². The highest BCUT2D eigenvalue weighted by Crippen LogP contribution is 2.47. The Hall–Kier alpha value is -2.46. The number of halogens is 1. The molecule has 0 unspecified atom stereocenters. The van der Waals surface area contributed by atoms with Crippen molar-refractivity contribution in [2.24, 2.45) is 11.8 Å². The van der Waals surface area contributed by atoms with Crippen LogP contribution in [0.4, 0.5) is 5.69 Å². The van der Waals surface area contributed by atoms with Gasteiger partial charge >= 0.3 is 0 Å². The molecule has 2 saturated carbocycles. The number of carbonyl (C=O) groups is 1. The van der Waals surface area contributed by atoms with Crippen molar-refractivity contribution >= 4 is 34.8 Å². The second-order valence-corrected chi connectivity index (χ2v) is 8.38. The highest BCUT2D eigenvalue weighted by molar-refractivity contribution is 6.36. The summed E-state index contributed by atoms with van der Waals surface area (Å²) in [6.07, 6.45) is 7.19. The molecule has 3 atom stereocenters. The van der Waals surface area contributed by atoms with Crippen molar-refractivity contribution in [2.45, 2.75) is 31.8 Å². The molecule has 0 radical (unpaired) electrons. The van der Waals surface area contributed by atoms with Crippen molar-refractivity contribution in [1.82, 2.24) is 0 Å². The second kappa shape index (κ2) is 6.85. The first kappa shape index (κ1) is 17.6. The third-order valence-electron chi connectivity index (χ3n) is 6.21. The fourth-order valence-electron chi connectivity index (χ4n) is 4.85. The van der Waals surface area contributed by atoms with Crippen molar-refractivity contribution in [3.63, 3.8) is 0 Å². The molecule has 1 N–H and O–H groups in total. The molecule has 4 nitrogen and oxygen atoms in total. The van der Waals surface area contributed by atoms with Crippen molar-refractivity contribution in [3.05, 3.63) is 52.5 Å². The Kier molecular flexibility index (Phi) is 4.31. The Labute approximate surface area is 169 Å². The summed E-state index contributed by atoms with van der Waals surface area (Å²) in [5, 5.41) is 3.48. The Balaban J connectivity index is 1.46. The molecule has 2 bridgehead atoms. The molecule has 28 heavy (non-hydrogen) atoms. The number of ether oxygens (including phenoxy) is 2. The van der Waals surface area contributed by atoms with E-state index in [0.29, 0.717) is 16.5 Å². The smallest absolute Gasteiger partial charge is 0.256 e. The van der Waals surface area contributed by atoms with Gasteiger partial charge in [-0.3, -0.25) is 4.79 Å². The van der Waals surface area contributed by atoms with Gasteiger partial charge in [-0.25, -0.2) is 0 Å². The zero-order valence-corrected chi connectivity index (χ0v) is 16.5. The number of carbonyl (C=O) groups excluding carboxylic acids is 1. The van der Waals surface area contributed by atoms with Gasteiger partial charge in [0.2, 0.25) is 0 Å². The number of anilines is 1. The van der Waals surface area contributed by atoms with Crippen LogP contribution >= 0.6 is 11.6 Å². The van der Waals surface area contributed by atoms with Gasteiger partial charge in [0.15, 0.2) is 11.5 Å². The Morgan fingerprint density at radius 3 is 2.75 bits per heavy atom. The van der Waals surface area contributed by atoms with E-state index in [1.807, 2.05) is 30.3 Å². The number of hydrogen-bond donors (Lipinski definition) is 1. The standard InChI is InChI=1S/C23H22ClNO3/c1-27-20-7-3-14(11-22(20)28-21-10-13-2-4-15(21)8-13)9-18-17-6-5-16(24)12-19(17)25-23(18)26/h3,5-7,9,11-13,15,21H,2,4,8,10H2,1H3,(H,25,26)/b18-9-/t13-,15+,21+/m1/s1. The Bertz CT molecular complexity index is 984. The second-order valence-electron chi connectivity index (χ2n) is 7.94. The van der Waals surface area contributed by atoms with E-state index in [-0.39, 0.29) is 12.0 Å². The fourth-order valence-corrected chi connectivity index (χ4v) is 5.02. The van der Waals surface area contributed by atoms with E-state index in [0.717, 1.165) is 40.7 Å². The lowest BCUT2D eigenvalue weighted by atomic mass is 9.97. The lowest BCUT2D eigenvalue weighted by Gasteiger charge is -2.24. The van der Waals surface area contributed by atoms with Crippen LogP contribution in [0.1, 0.15) is 36.8 Å². The minimum atomic E-state index is -0.122. The van der Waals surface area contributed by atoms with E-state index in [9.17, 15) is 4.79 Å². The molecule has 2 fully saturated rings. The molecule has 3 aliphatic rings. The molecule has 1 aliphatic heterocycles. The first-order chi connectivity index (χ1) is 13.6. The zero-order chi connectivity index (χ0) is 19.3. The largest absolute Gasteiger partial charge is 0.493 e. The molecule has 5 rings (SSSR count). The maximum absolute atomic E-state index is 12.4. The minimum absolute atomic E-state index is 0.122. The van der Waals surface area contributed by atoms with E-state index in [4.69, 9.17) is 21.1 Å². The molecule has 1 heterocycles. The quantitative estimate of drug-likeness (QED) is 0.704. The maximum Gasteiger partial charge on any atom is 0.256 e. The molecule has 2 aromatic rings. The molecule has 2 aliphatic carbocycles. The van der Waals surface area contributed by atoms with Gasteiger partial charge < -0.3 is 14.8 Å². The first-order valence-electron chi connectivity index (χ1n) is 9.78. The summed E-state index contributed by atoms with van der Waals surface area (Å²) in [4.78, 5) is 12.4. The SMILES string of the molecule is COc1ccc(/C=C2\C(=O)Nc3cc(Cl)ccc32)cc1O[C@H]1C[C@@H]2CC[C@H]1C2. The highest BCUT2D eigenvalue weighted by Gasteiger charge is 2.41. The lowest BCUT2D eigenvalue weighted by molar-refractivity contribution is -0.110. The first-order valence-corrected chi connectivity index (χ1v) is 10.2. The minimum Gasteiger partial charge on any atom is -0.493 e. The molecule has 0 saturated heterocycles. The van der Waals surface area contributed by atoms with Crippen LogP contribution in [0.15, 0.2) is 36.4 Å². The van der Waals surface area contributed by atoms with Crippen LogP contribution in [0.25, 0.3) is 11.6 Å². The predicted octanol–water partition coefficient (Wildman–Crippen LogP) is 5.41. The monoisotopic (exact) mass is 395 g/mol. The van der Waals surface area contributed by atoms with Crippen molar-refractivity contribution in [1.29, 1.82) is 0 Å². The molecule has 0 aromatic heterocycles. The average molecular weight is 396 g/mol. The van der Waals surface area contributed by atoms with Gasteiger partial charge in [-0.15, -0.1) is 0 Å². The fraction of sp³-hybridized carbons (Fsp3) is 0.348. The van der Waals surface area contributed by atoms with Crippen LogP contribution in [0, 0.1) is 11.8 Å². The normalized spacial score (nSPS) is 26.4. The highest BCUT2D eigenvalue weighted by atomic mass is 35.5. The van der Waals surface area contributed by atoms with Crippen LogP contribution in [0.3, 0.4) is 0 Å². The van der Waals surface area contributed by atoms with Crippen LogP contribution in [0.2, 0.25) is 5.02 Å². The molecule has 144 valence electrons. The summed E-state index contributed by atoms with van der Waals surface area (Å²) in [5.41, 5.74) is 3.14. The third-order valence-corrected chi connectivity index (χ3v) is 6.45. The van der Waals surface area contributed by atoms with Gasteiger partial charge in [0.25, 0.3) is 5.91 Å². The molecular formula is C23H22ClNO3. The van der Waals surface area contributed by atoms with Crippen molar-refractivity contribution in [2.75, 3.05) is 12.4 Å². The number of methoxy groups -OCH3 is 1. The summed E-state index contributed by atoms with van der Waals surface area (Å²) in [6, 6.07) is 11.3. The van der Waals surface area contributed by atoms with Crippen LogP contribution < -0.4 is 14.8 Å². The van der Waals surface area contributed by atoms with Crippen molar-refractivity contribution in [3.8, 4) is 11.5 Å². The molecule has 5 heteroatoms. The van der Waals surface area contributed by atoms with Crippen LogP contribution in [-0.2, 0) is 4.79 Å². The number of rotatable bonds is 4. The predicted molar refractivity (Wildman–Crippen MR) is 111 cm³/mol. The molecule has 2 aromatic carbocycles. The van der Waals surface area contributed by atoms with Gasteiger partial charge in [-0.05, 0) is 73.4 Å². The number of nitrogens with one attached hydrogen (secondary N) is 1. The number of hydrogen-bond acceptors (Lipinski definition) is 3. The van der Waals surface area contributed by atoms with Crippen LogP contribution in [-0.4, -0.2) is 19.1 Å². The Morgan fingerprint density at radius 1 is 1.11 bits per heavy atom. The van der Waals surface area contributed by atoms with E-state index < -0.39 is 0 Å². The molecule has 0 spiro atoms. The van der Waals surface area contributed by atoms with E-state index in [2.05, 4.69) is 5.32 Å². The summed E-state index contributed by atoms with van der Waals surface area (Å²) in [6.45, 7) is 0. The summed E-state index contributed by atoms with van der Waals surface area (Å²) >= 11 is 6.04. The van der Waals surface area contributed by atoms with E-state index in [1.54, 1.807) is 19.2 Å². The van der Waals surface area contributed by atoms with Gasteiger partial charge in [0.05, 0.1) is 12.8 Å². The van der Waals surface area contributed by atoms with Crippen LogP contribution in [0.5, 0.6) is 11.5 Å². The molecule has 1 amide bonds. The number of benzene rings is 2. The Morgan fingerprint density at radius 2 is 2.00 bits per heavy atom. The average Bonchev–Trinajstić information content (AvgIpc) is 3.37. The summed E-state index contributed by atoms with van der Waals surface area (Å²) in [5.74, 6) is 2.84. The van der Waals surface area contributed by atoms with Gasteiger partial charge in [-0.1, -0.05) is 23.7 Å². The molecular weight excluding hydrogens is 374 g/mol. The van der Waals surface area contributed by atoms with Gasteiger partial charge in [0.1, 0.15) is 6.10 Å². The van der Waals surface area contributed by atoms with E-state index in [1.165, 1.54) is 19.3 Å². The van der Waals surface area contributed by atoms with Gasteiger partial charge in [0, 0.05) is 16.2 Å². The zero-order valence-electron chi connectivity index (χ0n) is 15.7. The summed E-state index contributed by atoms with van der Waals surface area (Å²) < 4.78 is 11.9. The maximum atomic E-state index is 12.4. The number of fused-ring (bicyclic) bond motifs is 3. The third kappa shape index (κ3) is 3.06. The summed E-state index contributed by atoms with van der Waals surface area (Å²) in [7, 11) is 1.66.